The summed E-state index contributed by atoms with van der Waals surface area (Å²) in [4.78, 5) is 25.7. The van der Waals surface area contributed by atoms with E-state index in [4.69, 9.17) is 18.6 Å². The molecule has 3 N–H and O–H groups in total. The van der Waals surface area contributed by atoms with Crippen molar-refractivity contribution in [2.45, 2.75) is 77.2 Å². The Morgan fingerprint density at radius 1 is 1.30 bits per heavy atom. The minimum Gasteiger partial charge on any atom is -0.472 e. The summed E-state index contributed by atoms with van der Waals surface area (Å²) >= 11 is 0. The van der Waals surface area contributed by atoms with Crippen molar-refractivity contribution in [3.05, 3.63) is 47.5 Å². The second-order valence-corrected chi connectivity index (χ2v) is 12.1. The summed E-state index contributed by atoms with van der Waals surface area (Å²) in [6.07, 6.45) is 3.72. The average molecular weight is 515 g/mol. The largest absolute Gasteiger partial charge is 0.472 e. The van der Waals surface area contributed by atoms with Gasteiger partial charge in [-0.3, -0.25) is 0 Å². The molecule has 0 radical (unpaired) electrons. The number of carbonyl (C=O) groups excluding carboxylic acids is 2. The van der Waals surface area contributed by atoms with Gasteiger partial charge in [0.05, 0.1) is 25.2 Å². The van der Waals surface area contributed by atoms with Crippen molar-refractivity contribution in [1.29, 1.82) is 0 Å². The first-order valence-electron chi connectivity index (χ1n) is 13.0. The third-order valence-corrected chi connectivity index (χ3v) is 10.2. The highest BCUT2D eigenvalue weighted by Crippen LogP contribution is 2.72. The van der Waals surface area contributed by atoms with Crippen molar-refractivity contribution in [3.63, 3.8) is 0 Å². The van der Waals surface area contributed by atoms with Gasteiger partial charge in [0.1, 0.15) is 12.2 Å². The van der Waals surface area contributed by atoms with Crippen LogP contribution in [0.5, 0.6) is 0 Å². The summed E-state index contributed by atoms with van der Waals surface area (Å²) in [6.45, 7) is 7.58. The van der Waals surface area contributed by atoms with E-state index in [0.717, 1.165) is 5.56 Å². The number of ether oxygens (including phenoxy) is 3. The SMILES string of the molecule is CCOC(=O)[C@H](O)[C@@H]1[C@@]2(C)C[C@@H]3O[C@@](O)(C=C4C5=CC(=O)O[C@@H](c6ccoc6)[C@]5(C)CC[C@@H]4[C@@]31C)[C@H]2O. The van der Waals surface area contributed by atoms with E-state index in [1.54, 1.807) is 32.3 Å². The van der Waals surface area contributed by atoms with Gasteiger partial charge in [-0.25, -0.2) is 9.59 Å². The Balaban J connectivity index is 1.53. The third kappa shape index (κ3) is 3.05. The zero-order chi connectivity index (χ0) is 26.5. The Morgan fingerprint density at radius 3 is 2.73 bits per heavy atom. The molecule has 1 aromatic rings. The fraction of sp³-hybridized carbons (Fsp3) is 0.643. The van der Waals surface area contributed by atoms with Crippen molar-refractivity contribution in [2.24, 2.45) is 28.1 Å². The molecule has 0 amide bonds. The minimum absolute atomic E-state index is 0.111. The fourth-order valence-corrected chi connectivity index (χ4v) is 8.57. The highest BCUT2D eigenvalue weighted by Gasteiger charge is 2.75. The lowest BCUT2D eigenvalue weighted by molar-refractivity contribution is -0.294. The third-order valence-electron chi connectivity index (χ3n) is 10.2. The van der Waals surface area contributed by atoms with Crippen LogP contribution in [0.2, 0.25) is 0 Å². The Morgan fingerprint density at radius 2 is 2.05 bits per heavy atom. The summed E-state index contributed by atoms with van der Waals surface area (Å²) < 4.78 is 22.5. The van der Waals surface area contributed by atoms with Crippen LogP contribution >= 0.6 is 0 Å². The molecular weight excluding hydrogens is 480 g/mol. The van der Waals surface area contributed by atoms with Crippen LogP contribution in [0.1, 0.15) is 58.6 Å². The standard InChI is InChI=1S/C28H34O9/c1-5-35-23(31)20(30)21-26(3)12-18-27(21,4)16-6-8-25(2)17(15(16)11-28(33,37-18)24(26)32)10-19(29)36-22(25)14-7-9-34-13-14/h7,9-11,13,16,18,20-22,24,30,32-33H,5-6,8,12H2,1-4H3/t16-,18-,20+,21+,22-,24-,25+,26+,27-,28-/m0/s1. The van der Waals surface area contributed by atoms with Crippen LogP contribution in [0.3, 0.4) is 0 Å². The Labute approximate surface area is 215 Å². The van der Waals surface area contributed by atoms with Crippen LogP contribution in [0.15, 0.2) is 46.3 Å². The summed E-state index contributed by atoms with van der Waals surface area (Å²) in [5.74, 6) is -4.34. The molecule has 0 spiro atoms. The van der Waals surface area contributed by atoms with Gasteiger partial charge in [-0.1, -0.05) is 20.8 Å². The normalized spacial score (nSPS) is 46.7. The average Bonchev–Trinajstić information content (AvgIpc) is 3.41. The van der Waals surface area contributed by atoms with Crippen molar-refractivity contribution < 1.29 is 43.5 Å². The molecule has 37 heavy (non-hydrogen) atoms. The number of aliphatic hydroxyl groups is 3. The van der Waals surface area contributed by atoms with Crippen LogP contribution in [-0.4, -0.2) is 58.0 Å². The van der Waals surface area contributed by atoms with E-state index in [1.807, 2.05) is 13.8 Å². The molecule has 10 atom stereocenters. The number of hydrogen-bond donors (Lipinski definition) is 3. The zero-order valence-corrected chi connectivity index (χ0v) is 21.5. The summed E-state index contributed by atoms with van der Waals surface area (Å²) in [5.41, 5.74) is -0.346. The molecule has 3 fully saturated rings. The van der Waals surface area contributed by atoms with Crippen LogP contribution in [0.4, 0.5) is 0 Å². The monoisotopic (exact) mass is 514 g/mol. The molecule has 6 rings (SSSR count). The van der Waals surface area contributed by atoms with E-state index in [0.29, 0.717) is 30.4 Å². The first-order chi connectivity index (χ1) is 17.4. The van der Waals surface area contributed by atoms with E-state index in [9.17, 15) is 24.9 Å². The molecule has 3 aliphatic heterocycles. The van der Waals surface area contributed by atoms with Gasteiger partial charge in [0.2, 0.25) is 5.79 Å². The van der Waals surface area contributed by atoms with Gasteiger partial charge in [0, 0.05) is 33.8 Å². The highest BCUT2D eigenvalue weighted by atomic mass is 16.6. The Bertz CT molecular complexity index is 1200. The molecule has 5 aliphatic rings. The molecule has 0 aromatic carbocycles. The smallest absolute Gasteiger partial charge is 0.335 e. The molecular formula is C28H34O9. The van der Waals surface area contributed by atoms with Crippen molar-refractivity contribution in [2.75, 3.05) is 6.61 Å². The lowest BCUT2D eigenvalue weighted by atomic mass is 9.51. The summed E-state index contributed by atoms with van der Waals surface area (Å²) in [6, 6.07) is 1.78. The zero-order valence-electron chi connectivity index (χ0n) is 21.5. The molecule has 1 aromatic heterocycles. The molecule has 200 valence electrons. The molecule has 0 unspecified atom stereocenters. The molecule has 1 saturated heterocycles. The number of fused-ring (bicyclic) bond motifs is 6. The van der Waals surface area contributed by atoms with Crippen molar-refractivity contribution in [3.8, 4) is 0 Å². The molecule has 2 aliphatic carbocycles. The highest BCUT2D eigenvalue weighted by molar-refractivity contribution is 5.86. The number of esters is 2. The topological polar surface area (TPSA) is 136 Å². The molecule has 9 nitrogen and oxygen atoms in total. The molecule has 3 bridgehead atoms. The van der Waals surface area contributed by atoms with Crippen LogP contribution < -0.4 is 0 Å². The van der Waals surface area contributed by atoms with Crippen molar-refractivity contribution >= 4 is 11.9 Å². The molecule has 4 heterocycles. The second kappa shape index (κ2) is 7.79. The molecule has 9 heteroatoms. The van der Waals surface area contributed by atoms with Gasteiger partial charge < -0.3 is 33.9 Å². The van der Waals surface area contributed by atoms with E-state index < -0.39 is 64.3 Å². The van der Waals surface area contributed by atoms with Gasteiger partial charge >= 0.3 is 11.9 Å². The maximum Gasteiger partial charge on any atom is 0.335 e. The maximum absolute atomic E-state index is 12.9. The van der Waals surface area contributed by atoms with Gasteiger partial charge in [-0.05, 0) is 55.4 Å². The van der Waals surface area contributed by atoms with Gasteiger partial charge in [-0.15, -0.1) is 0 Å². The number of cyclic esters (lactones) is 1. The molecule has 2 saturated carbocycles. The Hall–Kier alpha value is -2.46. The first kappa shape index (κ1) is 24.9. The van der Waals surface area contributed by atoms with E-state index in [2.05, 4.69) is 0 Å². The van der Waals surface area contributed by atoms with Gasteiger partial charge in [0.25, 0.3) is 0 Å². The van der Waals surface area contributed by atoms with Crippen LogP contribution in [0, 0.1) is 28.1 Å². The van der Waals surface area contributed by atoms with E-state index in [-0.39, 0.29) is 12.5 Å². The van der Waals surface area contributed by atoms with Crippen molar-refractivity contribution in [1.82, 2.24) is 0 Å². The minimum atomic E-state index is -2.06. The maximum atomic E-state index is 12.9. The number of carbonyl (C=O) groups is 2. The summed E-state index contributed by atoms with van der Waals surface area (Å²) in [7, 11) is 0. The van der Waals surface area contributed by atoms with Gasteiger partial charge in [0.15, 0.2) is 6.10 Å². The summed E-state index contributed by atoms with van der Waals surface area (Å²) in [5, 5.41) is 34.7. The Kier molecular flexibility index (Phi) is 5.23. The number of hydrogen-bond acceptors (Lipinski definition) is 9. The van der Waals surface area contributed by atoms with E-state index >= 15 is 0 Å². The quantitative estimate of drug-likeness (QED) is 0.518. The number of aliphatic hydroxyl groups excluding tert-OH is 2. The number of rotatable bonds is 4. The van der Waals surface area contributed by atoms with Crippen LogP contribution in [-0.2, 0) is 23.8 Å². The first-order valence-corrected chi connectivity index (χ1v) is 13.0. The van der Waals surface area contributed by atoms with E-state index in [1.165, 1.54) is 12.3 Å². The number of allylic oxidation sites excluding steroid dienone is 1. The second-order valence-electron chi connectivity index (χ2n) is 12.1. The van der Waals surface area contributed by atoms with Crippen LogP contribution in [0.25, 0.3) is 0 Å². The lowest BCUT2D eigenvalue weighted by Crippen LogP contribution is -2.59. The lowest BCUT2D eigenvalue weighted by Gasteiger charge is -2.54. The van der Waals surface area contributed by atoms with Gasteiger partial charge in [-0.2, -0.15) is 0 Å². The predicted molar refractivity (Wildman–Crippen MR) is 127 cm³/mol. The number of furan rings is 1. The fourth-order valence-electron chi connectivity index (χ4n) is 8.57. The predicted octanol–water partition coefficient (Wildman–Crippen LogP) is 2.57.